The Morgan fingerprint density at radius 1 is 0.0687 bits per heavy atom. The van der Waals surface area contributed by atoms with E-state index in [9.17, 15) is 0 Å². The molecule has 0 unspecified atom stereocenters. The van der Waals surface area contributed by atoms with Gasteiger partial charge in [-0.25, -0.2) is 0 Å². The summed E-state index contributed by atoms with van der Waals surface area (Å²) >= 11 is 227. The van der Waals surface area contributed by atoms with Crippen LogP contribution in [0.15, 0.2) is 0 Å². The fourth-order valence-electron chi connectivity index (χ4n) is 1.93. The topological polar surface area (TPSA) is 0 Å². The maximum absolute atomic E-state index is 3.51. The van der Waals surface area contributed by atoms with E-state index < -0.39 is 505 Å². The first-order valence-electron chi connectivity index (χ1n) is 18.6. The summed E-state index contributed by atoms with van der Waals surface area (Å²) in [6.07, 6.45) is 0. The van der Waals surface area contributed by atoms with Gasteiger partial charge >= 0.3 is 1750 Å². The predicted molar refractivity (Wildman–Crippen MR) is 1820 cm³/mol. The standard InChI is InChI=1S/I131/c1-67-69(4)71(6)73(8)75(10)77(12)79(14)81(16)83(18)85(20)87(22)89(24)91(26)93(28)95(30)97(32)99(34)101(36)103(38)105(40)107(42)109(44)111(46)113(48)115(50)117(52)119(54)121(56)123(58)125(60)127(62)129(64)131(66)130(65)128(63)126(61)124(59)122(57)120(55)118(53)116(51)114(49)112(47)110(45)108(43)106(41)104(39)102(37)100(35)98(33)96(31)94(29)92(27)90(25)88(23)86(21)84(19)82(17)80(15)78(13)76(11)74(9)72(7)70(5)68(2)3/q-1. The number of hydrogen-bond acceptors (Lipinski definition) is 0. The van der Waals surface area contributed by atoms with Gasteiger partial charge in [0.25, 0.3) is 0 Å². The third-order valence-electron chi connectivity index (χ3n) is 5.18. The molecule has 0 bridgehead atoms. The Morgan fingerprint density at radius 3 is 0.160 bits per heavy atom. The first kappa shape index (κ1) is 227. The summed E-state index contributed by atoms with van der Waals surface area (Å²) in [5.41, 5.74) is 0. The molecule has 0 spiro atoms. The van der Waals surface area contributed by atoms with Crippen molar-refractivity contribution in [1.82, 2.24) is 0 Å². The first-order valence-corrected chi connectivity index (χ1v) is 836. The molecule has 0 aliphatic rings. The predicted octanol–water partition coefficient (Wildman–Crippen LogP) is 112. The Hall–Kier alpha value is 95.6. The van der Waals surface area contributed by atoms with E-state index in [1.807, 2.05) is 0 Å². The van der Waals surface area contributed by atoms with E-state index in [0.29, 0.717) is 13.3 Å². The molecule has 0 aliphatic heterocycles. The van der Waals surface area contributed by atoms with Gasteiger partial charge in [-0.3, -0.25) is 0 Å². The Kier molecular flexibility index (Phi) is 236. The number of halogens is 131. The molecule has 0 radical (unpaired) electrons. The van der Waals surface area contributed by atoms with E-state index in [1.54, 1.807) is 0 Å². The summed E-state index contributed by atoms with van der Waals surface area (Å²) in [4.78, 5) is 0. The van der Waals surface area contributed by atoms with Crippen LogP contribution in [0.5, 0.6) is 0 Å². The van der Waals surface area contributed by atoms with Crippen LogP contribution in [-0.4, -0.2) is 0 Å². The molecule has 0 aliphatic carbocycles. The summed E-state index contributed by atoms with van der Waals surface area (Å²) in [5, 5.41) is 0. The zero-order chi connectivity index (χ0) is 104. The summed E-state index contributed by atoms with van der Waals surface area (Å²) < 4.78 is 0. The minimum absolute atomic E-state index is 0.429. The second-order valence-corrected chi connectivity index (χ2v) is 3150. The van der Waals surface area contributed by atoms with Crippen molar-refractivity contribution in [3.63, 3.8) is 0 Å². The van der Waals surface area contributed by atoms with Crippen LogP contribution >= 0.6 is 1730 Å². The van der Waals surface area contributed by atoms with Crippen LogP contribution in [-0.2, 0) is 0 Å². The van der Waals surface area contributed by atoms with Crippen LogP contribution < -0.4 is 13.3 Å². The van der Waals surface area contributed by atoms with Gasteiger partial charge in [0.05, 0.1) is 0 Å². The van der Waals surface area contributed by atoms with Crippen LogP contribution in [0.25, 0.3) is 0 Å². The van der Waals surface area contributed by atoms with Crippen LogP contribution in [0, 0.1) is 0 Å². The van der Waals surface area contributed by atoms with Gasteiger partial charge < -0.3 is 0 Å². The van der Waals surface area contributed by atoms with Gasteiger partial charge in [-0.1, -0.05) is 0 Å². The minimum atomic E-state index is -0.683. The summed E-state index contributed by atoms with van der Waals surface area (Å²) in [6, 6.07) is 0. The molecule has 131 heteroatoms. The van der Waals surface area contributed by atoms with Crippen molar-refractivity contribution < 1.29 is 13.3 Å². The molecule has 0 rings (SSSR count). The van der Waals surface area contributed by atoms with Gasteiger partial charge in [0.2, 0.25) is 0 Å². The molecular formula is I131-. The molecule has 0 nitrogen and oxygen atoms in total. The zero-order valence-corrected chi connectivity index (χ0v) is 332. The van der Waals surface area contributed by atoms with Gasteiger partial charge in [-0.2, -0.15) is 0 Å². The molecule has 0 aromatic rings. The third-order valence-corrected chi connectivity index (χ3v) is 10500. The van der Waals surface area contributed by atoms with Gasteiger partial charge in [0, 0.05) is 0 Å². The molecule has 0 atom stereocenters. The fourth-order valence-corrected chi connectivity index (χ4v) is 26200. The van der Waals surface area contributed by atoms with Crippen LogP contribution in [0.3, 0.4) is 0 Å². The van der Waals surface area contributed by atoms with Gasteiger partial charge in [-0.05, 0) is 0 Å². The van der Waals surface area contributed by atoms with E-state index in [-0.39, 0.29) is 0 Å². The Balaban J connectivity index is 5.98. The Morgan fingerprint density at radius 2 is 0.115 bits per heavy atom. The summed E-state index contributed by atoms with van der Waals surface area (Å²) in [7, 11) is -40.7. The Labute approximate surface area is 1640 Å². The van der Waals surface area contributed by atoms with Crippen molar-refractivity contribution in [3.8, 4) is 0 Å². The molecule has 0 amide bonds. The zero-order valence-electron chi connectivity index (χ0n) is 49.5. The average Bonchev–Trinajstić information content (AvgIpc) is 0.822. The average molecular weight is 16600 g/mol. The SMILES string of the molecule is I[I-]I(I)I(I)I(I)I(I)I(I)I(I)I(I)I(I)I(I)I(I)I(I)I(I)I(I)I(I)I(I)I(I)I(I)I(I)I(I)I(I)I(I)I(I)I(I)I(I)I(I)I(I)I(I)I(I)I(I)I(I)I(I)I(I)I(I)I(I)I(I)I(I)I(I)I(I)I(I)I(I)I(I)I(I)I(I)I(I)I(I)I(I)I(I)I(I)I(I)I(I)I(I)I(I)I(I)I(I)I(I)I(I)I(I)I(I)I(I)I(I)I(I)I(I)I(I)I(I)I. The number of rotatable bonds is 64. The van der Waals surface area contributed by atoms with Gasteiger partial charge in [0.15, 0.2) is 0 Å². The van der Waals surface area contributed by atoms with Gasteiger partial charge in [-0.15, -0.1) is 0 Å². The van der Waals surface area contributed by atoms with Crippen molar-refractivity contribution in [3.05, 3.63) is 0 Å². The maximum atomic E-state index is 3.51. The molecule has 0 aromatic carbocycles. The molecular weight excluding hydrogens is 16600 g/mol. The number of hydrogen-bond donors (Lipinski definition) is 0. The molecule has 0 heterocycles. The molecule has 131 heavy (non-hydrogen) atoms. The molecule has 0 aromatic heterocycles. The quantitative estimate of drug-likeness (QED) is 0.0533. The Bertz CT molecular complexity index is 2730. The summed E-state index contributed by atoms with van der Waals surface area (Å²) in [5.74, 6) is 0. The van der Waals surface area contributed by atoms with E-state index in [0.717, 1.165) is 0 Å². The molecule has 0 saturated carbocycles. The van der Waals surface area contributed by atoms with Crippen molar-refractivity contribution in [1.29, 1.82) is 0 Å². The normalized spacial score (nSPS) is 19.2. The molecule has 0 fully saturated rings. The van der Waals surface area contributed by atoms with Crippen molar-refractivity contribution in [2.75, 3.05) is 0 Å². The molecule has 0 saturated heterocycles. The molecule has 0 N–H and O–H groups in total. The van der Waals surface area contributed by atoms with E-state index in [2.05, 4.69) is 1230 Å². The van der Waals surface area contributed by atoms with E-state index in [1.165, 1.54) is 0 Å². The van der Waals surface area contributed by atoms with Gasteiger partial charge in [0.1, 0.15) is 0 Å². The second kappa shape index (κ2) is 137. The molecule has 918 valence electrons. The summed E-state index contributed by atoms with van der Waals surface area (Å²) in [6.45, 7) is 0. The van der Waals surface area contributed by atoms with Crippen LogP contribution in [0.1, 0.15) is 0 Å². The van der Waals surface area contributed by atoms with Crippen LogP contribution in [0.2, 0.25) is 0 Å². The first-order chi connectivity index (χ1) is 59.6. The van der Waals surface area contributed by atoms with Crippen molar-refractivity contribution in [2.24, 2.45) is 0 Å². The fraction of sp³-hybridized carbons (Fsp3) is 0. The third kappa shape index (κ3) is 92.3. The monoisotopic (exact) mass is 16600 g/mol. The van der Waals surface area contributed by atoms with E-state index in [4.69, 9.17) is 0 Å². The van der Waals surface area contributed by atoms with Crippen LogP contribution in [0.4, 0.5) is 0 Å². The van der Waals surface area contributed by atoms with Crippen molar-refractivity contribution in [2.45, 2.75) is 0 Å². The van der Waals surface area contributed by atoms with Crippen molar-refractivity contribution >= 4 is 1730 Å². The van der Waals surface area contributed by atoms with E-state index >= 15 is 0 Å². The second-order valence-electron chi connectivity index (χ2n) is 10.4.